The first-order chi connectivity index (χ1) is 20.9. The fourth-order valence-electron chi connectivity index (χ4n) is 6.95. The third-order valence-corrected chi connectivity index (χ3v) is 10.3. The number of thioether (sulfide) groups is 1. The highest BCUT2D eigenvalue weighted by atomic mass is 35.5. The Bertz CT molecular complexity index is 1510. The van der Waals surface area contributed by atoms with E-state index >= 15 is 0 Å². The molecule has 4 heterocycles. The van der Waals surface area contributed by atoms with Crippen molar-refractivity contribution in [1.29, 1.82) is 0 Å². The van der Waals surface area contributed by atoms with Crippen LogP contribution in [0.2, 0.25) is 5.15 Å². The molecule has 0 unspecified atom stereocenters. The molecule has 6 rings (SSSR count). The number of piperidine rings is 1. The zero-order valence-corrected chi connectivity index (χ0v) is 26.3. The molecule has 3 aliphatic rings. The van der Waals surface area contributed by atoms with Gasteiger partial charge in [-0.05, 0) is 44.2 Å². The molecule has 2 aliphatic heterocycles. The van der Waals surface area contributed by atoms with Crippen molar-refractivity contribution < 1.29 is 9.59 Å². The summed E-state index contributed by atoms with van der Waals surface area (Å²) in [4.78, 5) is 56.7. The number of imidazole rings is 1. The van der Waals surface area contributed by atoms with Gasteiger partial charge in [-0.25, -0.2) is 14.8 Å². The summed E-state index contributed by atoms with van der Waals surface area (Å²) in [6, 6.07) is 9.62. The summed E-state index contributed by atoms with van der Waals surface area (Å²) in [5, 5.41) is 0.812. The lowest BCUT2D eigenvalue weighted by Crippen LogP contribution is -2.54. The Hall–Kier alpha value is -3.05. The van der Waals surface area contributed by atoms with Crippen LogP contribution in [-0.4, -0.2) is 85.7 Å². The highest BCUT2D eigenvalue weighted by Gasteiger charge is 2.30. The standard InChI is InChI=1S/C31H40ClN7O3S/c1-21-19-37(16-17-38(21)28(40)11-10-22-6-2-3-7-22)27-18-26(32)34-30(35-27)43-20-29(41)36-14-12-23(13-15-36)39-25-9-5-4-8-24(25)33-31(39)42/h4-5,8-9,18,21-23H,2-3,6-7,10-17,19-20H2,1H3,(H,33,42)/t21-/m0/s1. The maximum Gasteiger partial charge on any atom is 0.326 e. The second-order valence-electron chi connectivity index (χ2n) is 12.1. The number of aromatic amines is 1. The number of H-pyrrole nitrogens is 1. The molecule has 2 saturated heterocycles. The number of benzene rings is 1. The van der Waals surface area contributed by atoms with Gasteiger partial charge in [0.1, 0.15) is 11.0 Å². The number of hydrogen-bond donors (Lipinski definition) is 1. The van der Waals surface area contributed by atoms with Crippen LogP contribution in [0.15, 0.2) is 40.3 Å². The van der Waals surface area contributed by atoms with Crippen molar-refractivity contribution in [2.45, 2.75) is 75.5 Å². The molecule has 1 N–H and O–H groups in total. The van der Waals surface area contributed by atoms with E-state index in [2.05, 4.69) is 21.8 Å². The second kappa shape index (κ2) is 13.3. The number of anilines is 1. The second-order valence-corrected chi connectivity index (χ2v) is 13.5. The van der Waals surface area contributed by atoms with Gasteiger partial charge in [-0.1, -0.05) is 61.2 Å². The fraction of sp³-hybridized carbons (Fsp3) is 0.581. The number of carbonyl (C=O) groups is 2. The van der Waals surface area contributed by atoms with Crippen LogP contribution in [0.25, 0.3) is 11.0 Å². The third kappa shape index (κ3) is 6.87. The number of amides is 2. The molecule has 1 saturated carbocycles. The molecule has 1 aromatic carbocycles. The van der Waals surface area contributed by atoms with Crippen molar-refractivity contribution in [3.05, 3.63) is 46.0 Å². The summed E-state index contributed by atoms with van der Waals surface area (Å²) in [6.45, 7) is 5.31. The number of fused-ring (bicyclic) bond motifs is 1. The largest absolute Gasteiger partial charge is 0.353 e. The summed E-state index contributed by atoms with van der Waals surface area (Å²) in [5.41, 5.74) is 1.64. The van der Waals surface area contributed by atoms with Crippen molar-refractivity contribution in [2.24, 2.45) is 5.92 Å². The molecule has 2 amide bonds. The molecule has 1 atom stereocenters. The maximum absolute atomic E-state index is 13.1. The molecule has 3 aromatic rings. The molecule has 0 radical (unpaired) electrons. The van der Waals surface area contributed by atoms with E-state index in [1.807, 2.05) is 38.6 Å². The SMILES string of the molecule is C[C@H]1CN(c2cc(Cl)nc(SCC(=O)N3CCC(n4c(=O)[nH]c5ccccc54)CC3)n2)CCN1C(=O)CCC1CCCC1. The van der Waals surface area contributed by atoms with E-state index in [9.17, 15) is 14.4 Å². The normalized spacial score (nSPS) is 20.3. The van der Waals surface area contributed by atoms with Gasteiger partial charge in [-0.15, -0.1) is 0 Å². The molecule has 230 valence electrons. The first kappa shape index (κ1) is 30.0. The molecule has 2 aromatic heterocycles. The number of carbonyl (C=O) groups excluding carboxylic acids is 2. The molecule has 0 spiro atoms. The highest BCUT2D eigenvalue weighted by molar-refractivity contribution is 7.99. The molecule has 3 fully saturated rings. The molecule has 43 heavy (non-hydrogen) atoms. The number of aromatic nitrogens is 4. The van der Waals surface area contributed by atoms with E-state index in [0.717, 1.165) is 42.0 Å². The van der Waals surface area contributed by atoms with Crippen molar-refractivity contribution in [1.82, 2.24) is 29.3 Å². The van der Waals surface area contributed by atoms with Gasteiger partial charge in [0.05, 0.1) is 16.8 Å². The Morgan fingerprint density at radius 3 is 2.56 bits per heavy atom. The molecule has 1 aliphatic carbocycles. The van der Waals surface area contributed by atoms with Gasteiger partial charge < -0.3 is 19.7 Å². The summed E-state index contributed by atoms with van der Waals surface area (Å²) in [6.07, 6.45) is 8.24. The first-order valence-electron chi connectivity index (χ1n) is 15.5. The first-order valence-corrected chi connectivity index (χ1v) is 16.9. The van der Waals surface area contributed by atoms with Crippen LogP contribution >= 0.6 is 23.4 Å². The molecular weight excluding hydrogens is 586 g/mol. The number of para-hydroxylation sites is 2. The zero-order chi connectivity index (χ0) is 29.9. The van der Waals surface area contributed by atoms with Gasteiger partial charge in [-0.2, -0.15) is 0 Å². The number of nitrogens with zero attached hydrogens (tertiary/aromatic N) is 6. The van der Waals surface area contributed by atoms with Crippen LogP contribution in [-0.2, 0) is 9.59 Å². The monoisotopic (exact) mass is 625 g/mol. The number of rotatable bonds is 8. The van der Waals surface area contributed by atoms with Crippen LogP contribution in [0.3, 0.4) is 0 Å². The van der Waals surface area contributed by atoms with E-state index in [0.29, 0.717) is 49.5 Å². The Morgan fingerprint density at radius 2 is 1.79 bits per heavy atom. The minimum atomic E-state index is -0.0998. The Morgan fingerprint density at radius 1 is 1.02 bits per heavy atom. The average molecular weight is 626 g/mol. The fourth-order valence-corrected chi connectivity index (χ4v) is 7.93. The minimum Gasteiger partial charge on any atom is -0.353 e. The average Bonchev–Trinajstić information content (AvgIpc) is 3.65. The van der Waals surface area contributed by atoms with Crippen molar-refractivity contribution >= 4 is 52.0 Å². The van der Waals surface area contributed by atoms with Gasteiger partial charge in [0, 0.05) is 57.3 Å². The number of halogens is 1. The predicted molar refractivity (Wildman–Crippen MR) is 170 cm³/mol. The molecule has 10 nitrogen and oxygen atoms in total. The van der Waals surface area contributed by atoms with Crippen molar-refractivity contribution in [3.63, 3.8) is 0 Å². The smallest absolute Gasteiger partial charge is 0.326 e. The van der Waals surface area contributed by atoms with Crippen LogP contribution in [0, 0.1) is 5.92 Å². The van der Waals surface area contributed by atoms with Gasteiger partial charge in [0.15, 0.2) is 5.16 Å². The zero-order valence-electron chi connectivity index (χ0n) is 24.7. The Kier molecular flexibility index (Phi) is 9.28. The van der Waals surface area contributed by atoms with Gasteiger partial charge in [0.2, 0.25) is 11.8 Å². The maximum atomic E-state index is 13.1. The Labute approximate surface area is 261 Å². The quantitative estimate of drug-likeness (QED) is 0.219. The van der Waals surface area contributed by atoms with Crippen LogP contribution < -0.4 is 10.6 Å². The summed E-state index contributed by atoms with van der Waals surface area (Å²) < 4.78 is 1.83. The van der Waals surface area contributed by atoms with Crippen LogP contribution in [0.4, 0.5) is 5.82 Å². The van der Waals surface area contributed by atoms with Gasteiger partial charge >= 0.3 is 5.69 Å². The van der Waals surface area contributed by atoms with Gasteiger partial charge in [0.25, 0.3) is 0 Å². The lowest BCUT2D eigenvalue weighted by molar-refractivity contribution is -0.134. The topological polar surface area (TPSA) is 107 Å². The lowest BCUT2D eigenvalue weighted by Gasteiger charge is -2.40. The van der Waals surface area contributed by atoms with E-state index in [1.165, 1.54) is 37.4 Å². The van der Waals surface area contributed by atoms with E-state index in [-0.39, 0.29) is 35.3 Å². The lowest BCUT2D eigenvalue weighted by atomic mass is 10.0. The number of likely N-dealkylation sites (tertiary alicyclic amines) is 1. The van der Waals surface area contributed by atoms with Crippen LogP contribution in [0.1, 0.15) is 64.3 Å². The molecule has 0 bridgehead atoms. The number of piperazine rings is 1. The summed E-state index contributed by atoms with van der Waals surface area (Å²) in [7, 11) is 0. The van der Waals surface area contributed by atoms with Gasteiger partial charge in [-0.3, -0.25) is 14.2 Å². The van der Waals surface area contributed by atoms with E-state index in [1.54, 1.807) is 6.07 Å². The minimum absolute atomic E-state index is 0.0261. The molecule has 12 heteroatoms. The predicted octanol–water partition coefficient (Wildman–Crippen LogP) is 4.74. The van der Waals surface area contributed by atoms with E-state index < -0.39 is 0 Å². The summed E-state index contributed by atoms with van der Waals surface area (Å²) in [5.74, 6) is 1.95. The summed E-state index contributed by atoms with van der Waals surface area (Å²) >= 11 is 7.68. The van der Waals surface area contributed by atoms with Crippen molar-refractivity contribution in [2.75, 3.05) is 43.4 Å². The van der Waals surface area contributed by atoms with Crippen molar-refractivity contribution in [3.8, 4) is 0 Å². The molecular formula is C31H40ClN7O3S. The van der Waals surface area contributed by atoms with E-state index in [4.69, 9.17) is 16.6 Å². The number of hydrogen-bond acceptors (Lipinski definition) is 7. The number of nitrogens with one attached hydrogen (secondary N) is 1. The van der Waals surface area contributed by atoms with Crippen LogP contribution in [0.5, 0.6) is 0 Å². The third-order valence-electron chi connectivity index (χ3n) is 9.30. The highest BCUT2D eigenvalue weighted by Crippen LogP contribution is 2.30. The Balaban J connectivity index is 1.00.